The van der Waals surface area contributed by atoms with Crippen LogP contribution in [0.4, 0.5) is 0 Å². The average molecular weight is 142 g/mol. The minimum atomic E-state index is 0.777. The van der Waals surface area contributed by atoms with E-state index in [1.165, 1.54) is 11.1 Å². The number of hydrogen-bond acceptors (Lipinski definition) is 1. The molecular formula is C10H8N. The largest absolute Gasteiger partial charge is 0.192 e. The molecule has 0 atom stereocenters. The molecule has 1 aromatic rings. The van der Waals surface area contributed by atoms with Gasteiger partial charge in [-0.2, -0.15) is 5.26 Å². The van der Waals surface area contributed by atoms with E-state index in [1.54, 1.807) is 0 Å². The molecule has 2 rings (SSSR count). The van der Waals surface area contributed by atoms with Crippen molar-refractivity contribution in [2.24, 2.45) is 0 Å². The second-order valence-corrected chi connectivity index (χ2v) is 2.77. The van der Waals surface area contributed by atoms with Gasteiger partial charge in [-0.05, 0) is 42.5 Å². The standard InChI is InChI=1S/C10H8N/c11-7-8-4-5-9-2-1-3-10(9)6-8/h2,4-6H,1,3H2. The number of nitrogens with zero attached hydrogens (tertiary/aromatic N) is 1. The van der Waals surface area contributed by atoms with Crippen LogP contribution in [0.2, 0.25) is 0 Å². The maximum atomic E-state index is 8.61. The molecule has 0 saturated heterocycles. The summed E-state index contributed by atoms with van der Waals surface area (Å²) in [4.78, 5) is 0. The molecule has 1 aliphatic rings. The summed E-state index contributed by atoms with van der Waals surface area (Å²) in [7, 11) is 0. The van der Waals surface area contributed by atoms with Crippen LogP contribution in [-0.4, -0.2) is 0 Å². The molecule has 0 amide bonds. The molecule has 0 N–H and O–H groups in total. The van der Waals surface area contributed by atoms with Crippen LogP contribution in [0.5, 0.6) is 0 Å². The lowest BCUT2D eigenvalue weighted by atomic mass is 10.1. The molecule has 1 nitrogen and oxygen atoms in total. The molecule has 0 bridgehead atoms. The SMILES string of the molecule is N#Cc1ccc2c(c1)CC[CH]2. The van der Waals surface area contributed by atoms with Crippen LogP contribution >= 0.6 is 0 Å². The van der Waals surface area contributed by atoms with Gasteiger partial charge in [0.1, 0.15) is 0 Å². The van der Waals surface area contributed by atoms with Gasteiger partial charge in [-0.25, -0.2) is 0 Å². The Kier molecular flexibility index (Phi) is 1.40. The molecule has 53 valence electrons. The lowest BCUT2D eigenvalue weighted by Gasteiger charge is -1.96. The Bertz CT molecular complexity index is 320. The zero-order chi connectivity index (χ0) is 7.68. The van der Waals surface area contributed by atoms with E-state index in [-0.39, 0.29) is 0 Å². The predicted molar refractivity (Wildman–Crippen MR) is 42.9 cm³/mol. The van der Waals surface area contributed by atoms with E-state index in [0.717, 1.165) is 18.4 Å². The maximum Gasteiger partial charge on any atom is 0.0991 e. The van der Waals surface area contributed by atoms with Crippen molar-refractivity contribution in [2.75, 3.05) is 0 Å². The Morgan fingerprint density at radius 1 is 1.36 bits per heavy atom. The highest BCUT2D eigenvalue weighted by Crippen LogP contribution is 2.23. The third-order valence-corrected chi connectivity index (χ3v) is 2.05. The summed E-state index contributed by atoms with van der Waals surface area (Å²) in [6, 6.07) is 8.03. The van der Waals surface area contributed by atoms with Crippen molar-refractivity contribution in [1.82, 2.24) is 0 Å². The number of fused-ring (bicyclic) bond motifs is 1. The van der Waals surface area contributed by atoms with Crippen LogP contribution in [0.25, 0.3) is 0 Å². The second kappa shape index (κ2) is 2.39. The lowest BCUT2D eigenvalue weighted by Crippen LogP contribution is -1.82. The van der Waals surface area contributed by atoms with Crippen LogP contribution < -0.4 is 0 Å². The van der Waals surface area contributed by atoms with Crippen LogP contribution in [0, 0.1) is 17.8 Å². The minimum absolute atomic E-state index is 0.777. The van der Waals surface area contributed by atoms with Crippen molar-refractivity contribution in [3.05, 3.63) is 41.3 Å². The molecule has 0 aliphatic heterocycles. The zero-order valence-corrected chi connectivity index (χ0v) is 6.17. The summed E-state index contributed by atoms with van der Waals surface area (Å²) in [5.41, 5.74) is 3.41. The fraction of sp³-hybridized carbons (Fsp3) is 0.200. The molecule has 1 aliphatic carbocycles. The molecule has 0 saturated carbocycles. The molecule has 0 unspecified atom stereocenters. The predicted octanol–water partition coefficient (Wildman–Crippen LogP) is 2.06. The number of hydrogen-bond donors (Lipinski definition) is 0. The van der Waals surface area contributed by atoms with E-state index in [2.05, 4.69) is 12.5 Å². The molecule has 1 aromatic carbocycles. The molecule has 0 aromatic heterocycles. The minimum Gasteiger partial charge on any atom is -0.192 e. The Hall–Kier alpha value is -1.29. The summed E-state index contributed by atoms with van der Waals surface area (Å²) in [5.74, 6) is 0. The number of nitriles is 1. The quantitative estimate of drug-likeness (QED) is 0.544. The Balaban J connectivity index is 2.51. The molecule has 11 heavy (non-hydrogen) atoms. The highest BCUT2D eigenvalue weighted by Gasteiger charge is 2.10. The number of rotatable bonds is 0. The first-order chi connectivity index (χ1) is 5.40. The third kappa shape index (κ3) is 1.01. The van der Waals surface area contributed by atoms with Gasteiger partial charge in [0.05, 0.1) is 11.6 Å². The highest BCUT2D eigenvalue weighted by molar-refractivity contribution is 5.44. The first-order valence-electron chi connectivity index (χ1n) is 3.76. The van der Waals surface area contributed by atoms with Gasteiger partial charge in [-0.1, -0.05) is 6.07 Å². The van der Waals surface area contributed by atoms with Gasteiger partial charge in [0.2, 0.25) is 0 Å². The smallest absolute Gasteiger partial charge is 0.0991 e. The lowest BCUT2D eigenvalue weighted by molar-refractivity contribution is 1.03. The number of benzene rings is 1. The molecule has 1 heteroatoms. The van der Waals surface area contributed by atoms with Crippen molar-refractivity contribution in [3.8, 4) is 6.07 Å². The normalized spacial score (nSPS) is 14.1. The van der Waals surface area contributed by atoms with Gasteiger partial charge >= 0.3 is 0 Å². The summed E-state index contributed by atoms with van der Waals surface area (Å²) in [6.07, 6.45) is 4.45. The van der Waals surface area contributed by atoms with E-state index in [1.807, 2.05) is 18.2 Å². The Labute approximate surface area is 66.3 Å². The second-order valence-electron chi connectivity index (χ2n) is 2.77. The van der Waals surface area contributed by atoms with E-state index in [9.17, 15) is 0 Å². The van der Waals surface area contributed by atoms with E-state index < -0.39 is 0 Å². The van der Waals surface area contributed by atoms with Crippen molar-refractivity contribution >= 4 is 0 Å². The molecule has 0 heterocycles. The summed E-state index contributed by atoms with van der Waals surface area (Å²) in [6.45, 7) is 0. The van der Waals surface area contributed by atoms with Gasteiger partial charge in [-0.15, -0.1) is 0 Å². The summed E-state index contributed by atoms with van der Waals surface area (Å²) < 4.78 is 0. The van der Waals surface area contributed by atoms with Crippen molar-refractivity contribution in [2.45, 2.75) is 12.8 Å². The molecule has 1 radical (unpaired) electrons. The number of aryl methyl sites for hydroxylation is 1. The van der Waals surface area contributed by atoms with Crippen LogP contribution in [0.15, 0.2) is 18.2 Å². The maximum absolute atomic E-state index is 8.61. The van der Waals surface area contributed by atoms with Crippen molar-refractivity contribution in [1.29, 1.82) is 5.26 Å². The fourth-order valence-corrected chi connectivity index (χ4v) is 1.47. The summed E-state index contributed by atoms with van der Waals surface area (Å²) >= 11 is 0. The van der Waals surface area contributed by atoms with Crippen LogP contribution in [0.1, 0.15) is 23.1 Å². The van der Waals surface area contributed by atoms with Gasteiger partial charge in [0.15, 0.2) is 0 Å². The summed E-state index contributed by atoms with van der Waals surface area (Å²) in [5, 5.41) is 8.61. The van der Waals surface area contributed by atoms with Gasteiger partial charge in [0.25, 0.3) is 0 Å². The van der Waals surface area contributed by atoms with E-state index >= 15 is 0 Å². The topological polar surface area (TPSA) is 23.8 Å². The van der Waals surface area contributed by atoms with Gasteiger partial charge in [0, 0.05) is 0 Å². The van der Waals surface area contributed by atoms with Crippen molar-refractivity contribution in [3.63, 3.8) is 0 Å². The van der Waals surface area contributed by atoms with E-state index in [4.69, 9.17) is 5.26 Å². The Morgan fingerprint density at radius 2 is 2.27 bits per heavy atom. The van der Waals surface area contributed by atoms with Crippen LogP contribution in [-0.2, 0) is 6.42 Å². The fourth-order valence-electron chi connectivity index (χ4n) is 1.47. The van der Waals surface area contributed by atoms with Gasteiger partial charge in [-0.3, -0.25) is 0 Å². The molecule has 0 spiro atoms. The molecular weight excluding hydrogens is 134 g/mol. The first kappa shape index (κ1) is 6.42. The Morgan fingerprint density at radius 3 is 3.09 bits per heavy atom. The van der Waals surface area contributed by atoms with Crippen molar-refractivity contribution < 1.29 is 0 Å². The highest BCUT2D eigenvalue weighted by atomic mass is 14.2. The monoisotopic (exact) mass is 142 g/mol. The van der Waals surface area contributed by atoms with Gasteiger partial charge < -0.3 is 0 Å². The first-order valence-corrected chi connectivity index (χ1v) is 3.76. The average Bonchev–Trinajstić information content (AvgIpc) is 2.50. The van der Waals surface area contributed by atoms with E-state index in [0.29, 0.717) is 0 Å². The molecule has 0 fully saturated rings. The third-order valence-electron chi connectivity index (χ3n) is 2.05. The zero-order valence-electron chi connectivity index (χ0n) is 6.17. The van der Waals surface area contributed by atoms with Crippen LogP contribution in [0.3, 0.4) is 0 Å².